The van der Waals surface area contributed by atoms with Crippen molar-refractivity contribution < 1.29 is 9.59 Å². The fourth-order valence-electron chi connectivity index (χ4n) is 2.33. The van der Waals surface area contributed by atoms with Crippen molar-refractivity contribution in [1.82, 2.24) is 0 Å². The largest absolute Gasteiger partial charge is 0.324 e. The summed E-state index contributed by atoms with van der Waals surface area (Å²) in [6.45, 7) is 0. The van der Waals surface area contributed by atoms with E-state index in [-0.39, 0.29) is 18.2 Å². The van der Waals surface area contributed by atoms with Crippen molar-refractivity contribution in [2.24, 2.45) is 0 Å². The molecule has 1 aliphatic heterocycles. The van der Waals surface area contributed by atoms with Gasteiger partial charge in [-0.25, -0.2) is 0 Å². The molecule has 6 heteroatoms. The first-order chi connectivity index (χ1) is 11.0. The standard InChI is InChI=1S/C17H15ClN2O2S/c1-20(12-8-6-11(18)7-9-12)16(21)10-15-17(22)19-13-4-2-3-5-14(13)23-15/h2-9,15H,10H2,1H3,(H,19,22)/t15-/m1/s1. The van der Waals surface area contributed by atoms with Crippen LogP contribution >= 0.6 is 23.4 Å². The van der Waals surface area contributed by atoms with Gasteiger partial charge in [-0.05, 0) is 36.4 Å². The van der Waals surface area contributed by atoms with Gasteiger partial charge in [0.25, 0.3) is 0 Å². The Morgan fingerprint density at radius 3 is 2.65 bits per heavy atom. The fourth-order valence-corrected chi connectivity index (χ4v) is 3.56. The van der Waals surface area contributed by atoms with Gasteiger partial charge in [-0.1, -0.05) is 23.7 Å². The van der Waals surface area contributed by atoms with Crippen LogP contribution in [0.15, 0.2) is 53.4 Å². The number of carbonyl (C=O) groups is 2. The molecule has 4 nitrogen and oxygen atoms in total. The number of benzene rings is 2. The number of amides is 2. The maximum atomic E-state index is 12.5. The van der Waals surface area contributed by atoms with Crippen LogP contribution in [0.3, 0.4) is 0 Å². The third kappa shape index (κ3) is 3.51. The van der Waals surface area contributed by atoms with Crippen molar-refractivity contribution >= 4 is 46.6 Å². The van der Waals surface area contributed by atoms with Gasteiger partial charge in [0.05, 0.1) is 10.9 Å². The smallest absolute Gasteiger partial charge is 0.238 e. The van der Waals surface area contributed by atoms with E-state index in [4.69, 9.17) is 11.6 Å². The Morgan fingerprint density at radius 1 is 1.22 bits per heavy atom. The first-order valence-corrected chi connectivity index (χ1v) is 8.39. The van der Waals surface area contributed by atoms with Crippen LogP contribution in [0.5, 0.6) is 0 Å². The second-order valence-corrected chi connectivity index (χ2v) is 6.91. The molecule has 0 unspecified atom stereocenters. The molecule has 2 aromatic rings. The molecule has 1 aliphatic rings. The number of anilines is 2. The van der Waals surface area contributed by atoms with Gasteiger partial charge in [0, 0.05) is 29.1 Å². The van der Waals surface area contributed by atoms with Crippen molar-refractivity contribution in [1.29, 1.82) is 0 Å². The number of fused-ring (bicyclic) bond motifs is 1. The molecule has 2 aromatic carbocycles. The number of nitrogens with one attached hydrogen (secondary N) is 1. The molecular formula is C17H15ClN2O2S. The summed E-state index contributed by atoms with van der Waals surface area (Å²) < 4.78 is 0. The predicted molar refractivity (Wildman–Crippen MR) is 94.2 cm³/mol. The predicted octanol–water partition coefficient (Wildman–Crippen LogP) is 3.81. The van der Waals surface area contributed by atoms with Gasteiger partial charge >= 0.3 is 0 Å². The van der Waals surface area contributed by atoms with Gasteiger partial charge in [-0.3, -0.25) is 9.59 Å². The summed E-state index contributed by atoms with van der Waals surface area (Å²) in [7, 11) is 1.70. The van der Waals surface area contributed by atoms with E-state index in [0.717, 1.165) is 16.3 Å². The first kappa shape index (κ1) is 15.9. The zero-order valence-electron chi connectivity index (χ0n) is 12.5. The third-order valence-electron chi connectivity index (χ3n) is 3.65. The lowest BCUT2D eigenvalue weighted by molar-refractivity contribution is -0.122. The Labute approximate surface area is 143 Å². The molecule has 0 saturated carbocycles. The minimum absolute atomic E-state index is 0.112. The number of nitrogens with zero attached hydrogens (tertiary/aromatic N) is 1. The summed E-state index contributed by atoms with van der Waals surface area (Å²) in [5, 5.41) is 3.05. The third-order valence-corrected chi connectivity index (χ3v) is 5.18. The van der Waals surface area contributed by atoms with Gasteiger partial charge in [0.15, 0.2) is 0 Å². The molecule has 3 rings (SSSR count). The molecule has 1 atom stereocenters. The minimum atomic E-state index is -0.424. The van der Waals surface area contributed by atoms with Gasteiger partial charge in [-0.15, -0.1) is 11.8 Å². The molecule has 118 valence electrons. The molecule has 1 heterocycles. The molecule has 0 radical (unpaired) electrons. The highest BCUT2D eigenvalue weighted by molar-refractivity contribution is 8.01. The summed E-state index contributed by atoms with van der Waals surface area (Å²) in [6.07, 6.45) is 0.143. The second kappa shape index (κ2) is 6.64. The van der Waals surface area contributed by atoms with E-state index in [1.54, 1.807) is 36.2 Å². The minimum Gasteiger partial charge on any atom is -0.324 e. The highest BCUT2D eigenvalue weighted by atomic mass is 35.5. The van der Waals surface area contributed by atoms with Crippen molar-refractivity contribution in [3.8, 4) is 0 Å². The van der Waals surface area contributed by atoms with Gasteiger partial charge in [0.2, 0.25) is 11.8 Å². The molecule has 0 spiro atoms. The van der Waals surface area contributed by atoms with Crippen LogP contribution in [0.1, 0.15) is 6.42 Å². The van der Waals surface area contributed by atoms with E-state index in [9.17, 15) is 9.59 Å². The number of para-hydroxylation sites is 1. The summed E-state index contributed by atoms with van der Waals surface area (Å²) in [6, 6.07) is 14.6. The Balaban J connectivity index is 1.70. The van der Waals surface area contributed by atoms with E-state index in [1.165, 1.54) is 11.8 Å². The quantitative estimate of drug-likeness (QED) is 0.919. The summed E-state index contributed by atoms with van der Waals surface area (Å²) in [4.78, 5) is 27.2. The number of carbonyl (C=O) groups excluding carboxylic acids is 2. The van der Waals surface area contributed by atoms with Crippen molar-refractivity contribution in [3.05, 3.63) is 53.6 Å². The molecule has 1 N–H and O–H groups in total. The maximum absolute atomic E-state index is 12.5. The molecule has 2 amide bonds. The topological polar surface area (TPSA) is 49.4 Å². The van der Waals surface area contributed by atoms with Crippen LogP contribution in [-0.4, -0.2) is 24.1 Å². The number of thioether (sulfide) groups is 1. The van der Waals surface area contributed by atoms with Gasteiger partial charge in [0.1, 0.15) is 0 Å². The summed E-state index contributed by atoms with van der Waals surface area (Å²) in [5.74, 6) is -0.245. The molecule has 0 saturated heterocycles. The average molecular weight is 347 g/mol. The lowest BCUT2D eigenvalue weighted by Gasteiger charge is -2.25. The van der Waals surface area contributed by atoms with Crippen LogP contribution in [0.25, 0.3) is 0 Å². The van der Waals surface area contributed by atoms with Gasteiger partial charge in [-0.2, -0.15) is 0 Å². The number of rotatable bonds is 3. The monoisotopic (exact) mass is 346 g/mol. The van der Waals surface area contributed by atoms with Crippen LogP contribution < -0.4 is 10.2 Å². The van der Waals surface area contributed by atoms with Crippen molar-refractivity contribution in [3.63, 3.8) is 0 Å². The number of hydrogen-bond acceptors (Lipinski definition) is 3. The van der Waals surface area contributed by atoms with Crippen LogP contribution in [0.2, 0.25) is 5.02 Å². The van der Waals surface area contributed by atoms with Gasteiger partial charge < -0.3 is 10.2 Å². The Kier molecular flexibility index (Phi) is 4.59. The maximum Gasteiger partial charge on any atom is 0.238 e. The molecule has 0 aromatic heterocycles. The SMILES string of the molecule is CN(C(=O)C[C@H]1Sc2ccccc2NC1=O)c1ccc(Cl)cc1. The molecule has 0 fully saturated rings. The number of halogens is 1. The summed E-state index contributed by atoms with van der Waals surface area (Å²) >= 11 is 7.29. The number of hydrogen-bond donors (Lipinski definition) is 1. The lowest BCUT2D eigenvalue weighted by Crippen LogP contribution is -2.35. The normalized spacial score (nSPS) is 16.4. The zero-order valence-corrected chi connectivity index (χ0v) is 14.0. The molecule has 0 bridgehead atoms. The fraction of sp³-hybridized carbons (Fsp3) is 0.176. The van der Waals surface area contributed by atoms with E-state index >= 15 is 0 Å². The van der Waals surface area contributed by atoms with E-state index < -0.39 is 5.25 Å². The Morgan fingerprint density at radius 2 is 1.91 bits per heavy atom. The Bertz CT molecular complexity index is 749. The average Bonchev–Trinajstić information content (AvgIpc) is 2.55. The van der Waals surface area contributed by atoms with Crippen LogP contribution in [0.4, 0.5) is 11.4 Å². The van der Waals surface area contributed by atoms with Crippen LogP contribution in [0, 0.1) is 0 Å². The van der Waals surface area contributed by atoms with Crippen molar-refractivity contribution in [2.75, 3.05) is 17.3 Å². The van der Waals surface area contributed by atoms with Crippen LogP contribution in [-0.2, 0) is 9.59 Å². The second-order valence-electron chi connectivity index (χ2n) is 5.23. The molecular weight excluding hydrogens is 332 g/mol. The highest BCUT2D eigenvalue weighted by Crippen LogP contribution is 2.36. The van der Waals surface area contributed by atoms with E-state index in [0.29, 0.717) is 5.02 Å². The zero-order chi connectivity index (χ0) is 16.4. The molecule has 23 heavy (non-hydrogen) atoms. The van der Waals surface area contributed by atoms with E-state index in [1.807, 2.05) is 24.3 Å². The molecule has 0 aliphatic carbocycles. The van der Waals surface area contributed by atoms with Crippen molar-refractivity contribution in [2.45, 2.75) is 16.6 Å². The summed E-state index contributed by atoms with van der Waals surface area (Å²) in [5.41, 5.74) is 1.55. The highest BCUT2D eigenvalue weighted by Gasteiger charge is 2.29. The lowest BCUT2D eigenvalue weighted by atomic mass is 10.2. The first-order valence-electron chi connectivity index (χ1n) is 7.13. The Hall–Kier alpha value is -1.98. The van der Waals surface area contributed by atoms with E-state index in [2.05, 4.69) is 5.32 Å².